The third-order valence-corrected chi connectivity index (χ3v) is 9.30. The van der Waals surface area contributed by atoms with Crippen molar-refractivity contribution in [2.24, 2.45) is 5.92 Å². The zero-order valence-corrected chi connectivity index (χ0v) is 21.6. The lowest BCUT2D eigenvalue weighted by Gasteiger charge is -2.31. The van der Waals surface area contributed by atoms with Crippen molar-refractivity contribution in [3.05, 3.63) is 69.2 Å². The number of piperidine rings is 1. The number of sulfonamides is 1. The number of fused-ring (bicyclic) bond motifs is 1. The minimum Gasteiger partial charge on any atom is -0.349 e. The molecule has 0 saturated carbocycles. The minimum atomic E-state index is -3.40. The first kappa shape index (κ1) is 24.4. The summed E-state index contributed by atoms with van der Waals surface area (Å²) in [6, 6.07) is 14.1. The van der Waals surface area contributed by atoms with E-state index in [2.05, 4.69) is 46.4 Å². The summed E-state index contributed by atoms with van der Waals surface area (Å²) in [4.78, 5) is 13.0. The predicted octanol–water partition coefficient (Wildman–Crippen LogP) is 5.14. The smallest absolute Gasteiger partial charge is 0.223 e. The number of amides is 1. The van der Waals surface area contributed by atoms with Crippen LogP contribution in [0.15, 0.2) is 46.9 Å². The van der Waals surface area contributed by atoms with Crippen LogP contribution in [-0.4, -0.2) is 31.7 Å². The SMILES string of the molecule is CCC(NC(=O)C1CCN(S(=O)(=O)Cc2cccc(Br)c2)CC1)c1ccc2c(c1)CCCC2. The number of hydrogen-bond donors (Lipinski definition) is 1. The highest BCUT2D eigenvalue weighted by atomic mass is 79.9. The van der Waals surface area contributed by atoms with E-state index in [1.54, 1.807) is 4.31 Å². The van der Waals surface area contributed by atoms with Gasteiger partial charge in [-0.25, -0.2) is 12.7 Å². The lowest BCUT2D eigenvalue weighted by atomic mass is 9.88. The maximum absolute atomic E-state index is 13.0. The van der Waals surface area contributed by atoms with Crippen LogP contribution in [0.2, 0.25) is 0 Å². The van der Waals surface area contributed by atoms with E-state index >= 15 is 0 Å². The third kappa shape index (κ3) is 6.06. The van der Waals surface area contributed by atoms with Gasteiger partial charge in [0.05, 0.1) is 11.8 Å². The molecule has 1 saturated heterocycles. The van der Waals surface area contributed by atoms with Crippen molar-refractivity contribution in [1.82, 2.24) is 9.62 Å². The molecule has 0 spiro atoms. The molecule has 1 fully saturated rings. The van der Waals surface area contributed by atoms with Crippen LogP contribution in [0.25, 0.3) is 0 Å². The average Bonchev–Trinajstić information content (AvgIpc) is 2.82. The molecular weight excluding hydrogens is 500 g/mol. The Morgan fingerprint density at radius 3 is 2.52 bits per heavy atom. The quantitative estimate of drug-likeness (QED) is 0.536. The van der Waals surface area contributed by atoms with Gasteiger partial charge in [-0.15, -0.1) is 0 Å². The minimum absolute atomic E-state index is 0.00279. The molecule has 1 aliphatic heterocycles. The molecule has 7 heteroatoms. The van der Waals surface area contributed by atoms with Crippen molar-refractivity contribution in [2.75, 3.05) is 13.1 Å². The van der Waals surface area contributed by atoms with Gasteiger partial charge in [0, 0.05) is 23.5 Å². The molecule has 0 radical (unpaired) electrons. The summed E-state index contributed by atoms with van der Waals surface area (Å²) in [5.41, 5.74) is 4.82. The Balaban J connectivity index is 1.34. The standard InChI is InChI=1S/C26H33BrN2O3S/c1-2-25(23-11-10-20-7-3-4-8-22(20)17-23)28-26(30)21-12-14-29(15-13-21)33(31,32)18-19-6-5-9-24(27)16-19/h5-6,9-11,16-17,21,25H,2-4,7-8,12-15,18H2,1H3,(H,28,30). The number of carbonyl (C=O) groups excluding carboxylic acids is 1. The number of halogens is 1. The normalized spacial score (nSPS) is 18.5. The van der Waals surface area contributed by atoms with Crippen molar-refractivity contribution >= 4 is 31.9 Å². The van der Waals surface area contributed by atoms with Crippen LogP contribution >= 0.6 is 15.9 Å². The lowest BCUT2D eigenvalue weighted by Crippen LogP contribution is -2.44. The zero-order valence-electron chi connectivity index (χ0n) is 19.2. The van der Waals surface area contributed by atoms with E-state index in [-0.39, 0.29) is 23.6 Å². The number of hydrogen-bond acceptors (Lipinski definition) is 3. The van der Waals surface area contributed by atoms with Crippen molar-refractivity contribution in [2.45, 2.75) is 63.7 Å². The molecule has 1 amide bonds. The molecular formula is C26H33BrN2O3S. The molecule has 2 aromatic rings. The molecule has 1 heterocycles. The molecule has 0 bridgehead atoms. The van der Waals surface area contributed by atoms with E-state index in [9.17, 15) is 13.2 Å². The van der Waals surface area contributed by atoms with Gasteiger partial charge in [0.1, 0.15) is 0 Å². The Morgan fingerprint density at radius 1 is 1.09 bits per heavy atom. The largest absolute Gasteiger partial charge is 0.349 e. The van der Waals surface area contributed by atoms with Crippen LogP contribution in [0.1, 0.15) is 67.3 Å². The molecule has 178 valence electrons. The first-order valence-corrected chi connectivity index (χ1v) is 14.4. The highest BCUT2D eigenvalue weighted by molar-refractivity contribution is 9.10. The summed E-state index contributed by atoms with van der Waals surface area (Å²) >= 11 is 3.40. The molecule has 1 aliphatic carbocycles. The fraction of sp³-hybridized carbons (Fsp3) is 0.500. The summed E-state index contributed by atoms with van der Waals surface area (Å²) in [5, 5.41) is 3.25. The van der Waals surface area contributed by atoms with E-state index in [0.717, 1.165) is 29.3 Å². The van der Waals surface area contributed by atoms with Crippen LogP contribution in [0.4, 0.5) is 0 Å². The molecule has 1 unspecified atom stereocenters. The van der Waals surface area contributed by atoms with Crippen LogP contribution in [0.3, 0.4) is 0 Å². The summed E-state index contributed by atoms with van der Waals surface area (Å²) in [7, 11) is -3.40. The topological polar surface area (TPSA) is 66.5 Å². The number of nitrogens with one attached hydrogen (secondary N) is 1. The summed E-state index contributed by atoms with van der Waals surface area (Å²) < 4.78 is 28.2. The van der Waals surface area contributed by atoms with E-state index in [4.69, 9.17) is 0 Å². The maximum Gasteiger partial charge on any atom is 0.223 e. The third-order valence-electron chi connectivity index (χ3n) is 6.96. The van der Waals surface area contributed by atoms with Gasteiger partial charge < -0.3 is 5.32 Å². The van der Waals surface area contributed by atoms with Gasteiger partial charge in [-0.2, -0.15) is 0 Å². The predicted molar refractivity (Wildman–Crippen MR) is 135 cm³/mol. The molecule has 2 aromatic carbocycles. The Kier molecular flexibility index (Phi) is 7.92. The Bertz CT molecular complexity index is 1090. The number of aryl methyl sites for hydroxylation is 2. The van der Waals surface area contributed by atoms with Crippen molar-refractivity contribution in [1.29, 1.82) is 0 Å². The first-order chi connectivity index (χ1) is 15.9. The van der Waals surface area contributed by atoms with E-state index in [0.29, 0.717) is 25.9 Å². The van der Waals surface area contributed by atoms with Crippen LogP contribution in [-0.2, 0) is 33.4 Å². The number of nitrogens with zero attached hydrogens (tertiary/aromatic N) is 1. The van der Waals surface area contributed by atoms with Gasteiger partial charge in [-0.05, 0) is 79.3 Å². The monoisotopic (exact) mass is 532 g/mol. The number of rotatable bonds is 7. The Hall–Kier alpha value is -1.70. The molecule has 0 aromatic heterocycles. The van der Waals surface area contributed by atoms with Gasteiger partial charge in [-0.1, -0.05) is 53.2 Å². The van der Waals surface area contributed by atoms with E-state index in [1.165, 1.54) is 29.5 Å². The molecule has 2 aliphatic rings. The van der Waals surface area contributed by atoms with Gasteiger partial charge in [0.15, 0.2) is 0 Å². The number of benzene rings is 2. The molecule has 4 rings (SSSR count). The number of carbonyl (C=O) groups is 1. The zero-order chi connectivity index (χ0) is 23.4. The average molecular weight is 534 g/mol. The Labute approximate surface area is 206 Å². The first-order valence-electron chi connectivity index (χ1n) is 12.0. The molecule has 5 nitrogen and oxygen atoms in total. The summed E-state index contributed by atoms with van der Waals surface area (Å²) in [6.07, 6.45) is 6.74. The maximum atomic E-state index is 13.0. The highest BCUT2D eigenvalue weighted by Crippen LogP contribution is 2.28. The van der Waals surface area contributed by atoms with Gasteiger partial charge in [-0.3, -0.25) is 4.79 Å². The van der Waals surface area contributed by atoms with Crippen LogP contribution in [0, 0.1) is 5.92 Å². The summed E-state index contributed by atoms with van der Waals surface area (Å²) in [5.74, 6) is -0.114. The molecule has 33 heavy (non-hydrogen) atoms. The van der Waals surface area contributed by atoms with Crippen molar-refractivity contribution < 1.29 is 13.2 Å². The lowest BCUT2D eigenvalue weighted by molar-refractivity contribution is -0.126. The molecule has 1 atom stereocenters. The second-order valence-corrected chi connectivity index (χ2v) is 12.1. The van der Waals surface area contributed by atoms with Gasteiger partial charge >= 0.3 is 0 Å². The second kappa shape index (κ2) is 10.7. The Morgan fingerprint density at radius 2 is 1.82 bits per heavy atom. The van der Waals surface area contributed by atoms with E-state index < -0.39 is 10.0 Å². The van der Waals surface area contributed by atoms with Crippen LogP contribution < -0.4 is 5.32 Å². The summed E-state index contributed by atoms with van der Waals surface area (Å²) in [6.45, 7) is 2.88. The van der Waals surface area contributed by atoms with Crippen molar-refractivity contribution in [3.8, 4) is 0 Å². The fourth-order valence-electron chi connectivity index (χ4n) is 5.01. The fourth-order valence-corrected chi connectivity index (χ4v) is 7.00. The van der Waals surface area contributed by atoms with Gasteiger partial charge in [0.2, 0.25) is 15.9 Å². The van der Waals surface area contributed by atoms with Gasteiger partial charge in [0.25, 0.3) is 0 Å². The van der Waals surface area contributed by atoms with E-state index in [1.807, 2.05) is 24.3 Å². The highest BCUT2D eigenvalue weighted by Gasteiger charge is 2.32. The molecule has 1 N–H and O–H groups in total. The second-order valence-electron chi connectivity index (χ2n) is 9.26. The van der Waals surface area contributed by atoms with Crippen molar-refractivity contribution in [3.63, 3.8) is 0 Å². The van der Waals surface area contributed by atoms with Crippen LogP contribution in [0.5, 0.6) is 0 Å².